The molecule has 1 aliphatic heterocycles. The molecule has 1 atom stereocenters. The number of aromatic nitrogens is 7. The number of anilines is 3. The molecule has 1 aromatic carbocycles. The lowest BCUT2D eigenvalue weighted by Gasteiger charge is -2.16. The molecule has 0 aliphatic carbocycles. The van der Waals surface area contributed by atoms with Gasteiger partial charge >= 0.3 is 0 Å². The number of amides is 2. The number of aryl methyl sites for hydroxylation is 3. The molecule has 5 aromatic rings. The van der Waals surface area contributed by atoms with Crippen molar-refractivity contribution in [3.8, 4) is 17.1 Å². The summed E-state index contributed by atoms with van der Waals surface area (Å²) in [6.45, 7) is 5.40. The molecule has 0 bridgehead atoms. The van der Waals surface area contributed by atoms with Crippen molar-refractivity contribution in [3.63, 3.8) is 0 Å². The number of carbonyl (C=O) groups excluding carboxylic acids is 2. The molecule has 1 unspecified atom stereocenters. The van der Waals surface area contributed by atoms with Crippen LogP contribution in [0.4, 0.5) is 17.5 Å². The average molecular weight is 596 g/mol. The van der Waals surface area contributed by atoms with Crippen molar-refractivity contribution in [2.45, 2.75) is 26.4 Å². The lowest BCUT2D eigenvalue weighted by molar-refractivity contribution is -0.117. The summed E-state index contributed by atoms with van der Waals surface area (Å²) in [6, 6.07) is 7.71. The van der Waals surface area contributed by atoms with Crippen molar-refractivity contribution >= 4 is 40.2 Å². The van der Waals surface area contributed by atoms with Gasteiger partial charge in [0.1, 0.15) is 11.8 Å². The molecular weight excluding hydrogens is 562 g/mol. The number of carbonyl (C=O) groups is 2. The molecule has 1 aliphatic rings. The molecule has 5 heterocycles. The normalized spacial score (nSPS) is 15.0. The number of para-hydroxylation sites is 1. The maximum Gasteiger partial charge on any atom is 0.271 e. The number of nitrogens with zero attached hydrogens (tertiary/aromatic N) is 7. The third-order valence-corrected chi connectivity index (χ3v) is 7.53. The van der Waals surface area contributed by atoms with E-state index in [1.165, 1.54) is 19.4 Å². The van der Waals surface area contributed by atoms with Crippen LogP contribution in [0, 0.1) is 13.8 Å². The molecular formula is C30H33N11O3. The minimum atomic E-state index is -0.332. The van der Waals surface area contributed by atoms with Gasteiger partial charge in [0.15, 0.2) is 5.82 Å². The van der Waals surface area contributed by atoms with E-state index in [0.717, 1.165) is 39.8 Å². The Morgan fingerprint density at radius 3 is 2.82 bits per heavy atom. The highest BCUT2D eigenvalue weighted by Crippen LogP contribution is 2.33. The third kappa shape index (κ3) is 6.06. The molecule has 6 rings (SSSR count). The van der Waals surface area contributed by atoms with Crippen LogP contribution in [0.2, 0.25) is 0 Å². The monoisotopic (exact) mass is 595 g/mol. The van der Waals surface area contributed by atoms with E-state index in [0.29, 0.717) is 30.5 Å². The van der Waals surface area contributed by atoms with Crippen LogP contribution in [-0.2, 0) is 11.8 Å². The van der Waals surface area contributed by atoms with Gasteiger partial charge in [-0.05, 0) is 31.9 Å². The second-order valence-electron chi connectivity index (χ2n) is 10.7. The number of ether oxygens (including phenoxy) is 1. The van der Waals surface area contributed by atoms with Gasteiger partial charge in [0.05, 0.1) is 35.8 Å². The molecule has 226 valence electrons. The zero-order valence-electron chi connectivity index (χ0n) is 24.9. The fourth-order valence-corrected chi connectivity index (χ4v) is 5.21. The van der Waals surface area contributed by atoms with Crippen molar-refractivity contribution in [2.75, 3.05) is 37.3 Å². The molecule has 44 heavy (non-hydrogen) atoms. The topological polar surface area (TPSA) is 168 Å². The Hall–Kier alpha value is -5.37. The maximum atomic E-state index is 13.1. The van der Waals surface area contributed by atoms with Crippen LogP contribution in [0.25, 0.3) is 22.2 Å². The van der Waals surface area contributed by atoms with Crippen LogP contribution < -0.4 is 20.7 Å². The summed E-state index contributed by atoms with van der Waals surface area (Å²) in [6.07, 6.45) is 7.11. The van der Waals surface area contributed by atoms with E-state index >= 15 is 0 Å². The van der Waals surface area contributed by atoms with Crippen molar-refractivity contribution in [3.05, 3.63) is 66.0 Å². The number of nitrogens with one attached hydrogen (secondary N) is 4. The lowest BCUT2D eigenvalue weighted by atomic mass is 10.1. The highest BCUT2D eigenvalue weighted by molar-refractivity contribution is 6.06. The molecule has 14 heteroatoms. The van der Waals surface area contributed by atoms with Gasteiger partial charge in [-0.3, -0.25) is 24.2 Å². The first kappa shape index (κ1) is 28.7. The molecule has 4 N–H and O–H groups in total. The number of aromatic amines is 1. The first-order valence-electron chi connectivity index (χ1n) is 14.2. The minimum absolute atomic E-state index is 0.133. The summed E-state index contributed by atoms with van der Waals surface area (Å²) in [7, 11) is 3.42. The van der Waals surface area contributed by atoms with Gasteiger partial charge in [-0.1, -0.05) is 12.1 Å². The summed E-state index contributed by atoms with van der Waals surface area (Å²) >= 11 is 0. The second kappa shape index (κ2) is 12.1. The molecule has 4 aromatic heterocycles. The van der Waals surface area contributed by atoms with E-state index < -0.39 is 0 Å². The van der Waals surface area contributed by atoms with Crippen LogP contribution >= 0.6 is 0 Å². The van der Waals surface area contributed by atoms with E-state index in [-0.39, 0.29) is 36.0 Å². The summed E-state index contributed by atoms with van der Waals surface area (Å²) in [4.78, 5) is 47.8. The zero-order chi connectivity index (χ0) is 30.8. The summed E-state index contributed by atoms with van der Waals surface area (Å²) in [5.41, 5.74) is 5.29. The molecule has 0 radical (unpaired) electrons. The van der Waals surface area contributed by atoms with E-state index in [2.05, 4.69) is 41.0 Å². The van der Waals surface area contributed by atoms with Gasteiger partial charge in [0.2, 0.25) is 17.7 Å². The van der Waals surface area contributed by atoms with Crippen LogP contribution in [0.5, 0.6) is 5.88 Å². The summed E-state index contributed by atoms with van der Waals surface area (Å²) in [5, 5.41) is 14.1. The SMILES string of the molecule is CNC(=O)c1cncc(OC2CCN(CC(=O)Nc3cccc4c(-c5nc(Nc6cc(C)n(C)n6)ncc5C)c[nH]c34)C2)n1. The Kier molecular flexibility index (Phi) is 7.89. The fourth-order valence-electron chi connectivity index (χ4n) is 5.21. The first-order valence-corrected chi connectivity index (χ1v) is 14.2. The zero-order valence-corrected chi connectivity index (χ0v) is 24.9. The number of rotatable bonds is 9. The van der Waals surface area contributed by atoms with E-state index in [4.69, 9.17) is 9.72 Å². The average Bonchev–Trinajstić information content (AvgIpc) is 3.72. The van der Waals surface area contributed by atoms with Gasteiger partial charge in [-0.25, -0.2) is 15.0 Å². The molecule has 1 fully saturated rings. The van der Waals surface area contributed by atoms with E-state index in [9.17, 15) is 9.59 Å². The number of hydrogen-bond donors (Lipinski definition) is 4. The minimum Gasteiger partial charge on any atom is -0.472 e. The Balaban J connectivity index is 1.12. The lowest BCUT2D eigenvalue weighted by Crippen LogP contribution is -2.33. The molecule has 0 saturated carbocycles. The third-order valence-electron chi connectivity index (χ3n) is 7.53. The van der Waals surface area contributed by atoms with Crippen molar-refractivity contribution in [1.29, 1.82) is 0 Å². The summed E-state index contributed by atoms with van der Waals surface area (Å²) < 4.78 is 7.73. The number of likely N-dealkylation sites (tertiary alicyclic amines) is 1. The highest BCUT2D eigenvalue weighted by Gasteiger charge is 2.26. The number of H-pyrrole nitrogens is 1. The Morgan fingerprint density at radius 2 is 2.02 bits per heavy atom. The molecule has 14 nitrogen and oxygen atoms in total. The second-order valence-corrected chi connectivity index (χ2v) is 10.7. The molecule has 2 amide bonds. The number of hydrogen-bond acceptors (Lipinski definition) is 10. The smallest absolute Gasteiger partial charge is 0.271 e. The fraction of sp³-hybridized carbons (Fsp3) is 0.300. The number of fused-ring (bicyclic) bond motifs is 1. The Bertz CT molecular complexity index is 1830. The predicted molar refractivity (Wildman–Crippen MR) is 165 cm³/mol. The van der Waals surface area contributed by atoms with Crippen molar-refractivity contribution < 1.29 is 14.3 Å². The van der Waals surface area contributed by atoms with Crippen LogP contribution in [0.3, 0.4) is 0 Å². The largest absolute Gasteiger partial charge is 0.472 e. The van der Waals surface area contributed by atoms with Crippen molar-refractivity contribution in [1.82, 2.24) is 44.9 Å². The van der Waals surface area contributed by atoms with Gasteiger partial charge in [0.25, 0.3) is 5.91 Å². The van der Waals surface area contributed by atoms with Gasteiger partial charge < -0.3 is 25.7 Å². The van der Waals surface area contributed by atoms with Gasteiger partial charge in [0, 0.05) is 62.3 Å². The van der Waals surface area contributed by atoms with Crippen LogP contribution in [0.1, 0.15) is 28.2 Å². The van der Waals surface area contributed by atoms with Crippen LogP contribution in [0.15, 0.2) is 49.1 Å². The predicted octanol–water partition coefficient (Wildman–Crippen LogP) is 2.96. The summed E-state index contributed by atoms with van der Waals surface area (Å²) in [5.74, 6) is 0.933. The maximum absolute atomic E-state index is 13.1. The Morgan fingerprint density at radius 1 is 1.16 bits per heavy atom. The molecule has 1 saturated heterocycles. The first-order chi connectivity index (χ1) is 21.3. The van der Waals surface area contributed by atoms with Gasteiger partial charge in [-0.2, -0.15) is 5.10 Å². The van der Waals surface area contributed by atoms with Gasteiger partial charge in [-0.15, -0.1) is 0 Å². The van der Waals surface area contributed by atoms with E-state index in [1.54, 1.807) is 10.9 Å². The Labute approximate surface area is 253 Å². The van der Waals surface area contributed by atoms with Crippen molar-refractivity contribution in [2.24, 2.45) is 7.05 Å². The van der Waals surface area contributed by atoms with E-state index in [1.807, 2.05) is 56.3 Å². The standard InChI is InChI=1S/C30H33N11O3/c1-17-11-34-30(37-24-10-18(2)40(4)39-24)38-27(17)21-12-33-28-20(21)6-5-7-22(28)35-25(42)16-41-9-8-19(15-41)44-26-14-32-13-23(36-26)29(43)31-3/h5-7,10-14,19,33H,8-9,15-16H2,1-4H3,(H,31,43)(H,35,42)(H,34,37,38,39). The molecule has 0 spiro atoms. The highest BCUT2D eigenvalue weighted by atomic mass is 16.5. The number of benzene rings is 1. The quantitative estimate of drug-likeness (QED) is 0.199. The van der Waals surface area contributed by atoms with Crippen LogP contribution in [-0.4, -0.2) is 84.2 Å².